The average Bonchev–Trinajstić information content (AvgIpc) is 3.25. The third-order valence-corrected chi connectivity index (χ3v) is 6.17. The summed E-state index contributed by atoms with van der Waals surface area (Å²) in [5, 5.41) is 9.58. The lowest BCUT2D eigenvalue weighted by molar-refractivity contribution is -0.130. The zero-order valence-corrected chi connectivity index (χ0v) is 17.0. The number of pyridine rings is 1. The first-order chi connectivity index (χ1) is 13.9. The number of carbonyl (C=O) groups excluding carboxylic acids is 1. The number of likely N-dealkylation sites (tertiary alicyclic amines) is 1. The summed E-state index contributed by atoms with van der Waals surface area (Å²) in [6, 6.07) is 12.4. The number of benzene rings is 1. The molecule has 0 spiro atoms. The van der Waals surface area contributed by atoms with Crippen LogP contribution in [0.5, 0.6) is 0 Å². The Morgan fingerprint density at radius 3 is 2.69 bits per heavy atom. The van der Waals surface area contributed by atoms with Crippen molar-refractivity contribution in [3.8, 4) is 6.07 Å². The van der Waals surface area contributed by atoms with Crippen molar-refractivity contribution in [2.75, 3.05) is 24.5 Å². The smallest absolute Gasteiger partial charge is 0.219 e. The van der Waals surface area contributed by atoms with Gasteiger partial charge in [-0.1, -0.05) is 26.0 Å². The Morgan fingerprint density at radius 2 is 2.03 bits per heavy atom. The topological polar surface area (TPSA) is 60.2 Å². The third kappa shape index (κ3) is 3.46. The summed E-state index contributed by atoms with van der Waals surface area (Å²) in [6.07, 6.45) is 0. The van der Waals surface area contributed by atoms with E-state index in [0.717, 1.165) is 23.6 Å². The van der Waals surface area contributed by atoms with Gasteiger partial charge in [-0.25, -0.2) is 9.37 Å². The van der Waals surface area contributed by atoms with Crippen LogP contribution < -0.4 is 4.90 Å². The molecule has 150 valence electrons. The van der Waals surface area contributed by atoms with Gasteiger partial charge in [0.05, 0.1) is 11.6 Å². The summed E-state index contributed by atoms with van der Waals surface area (Å²) >= 11 is 0. The highest BCUT2D eigenvalue weighted by Crippen LogP contribution is 2.46. The van der Waals surface area contributed by atoms with Crippen molar-refractivity contribution in [2.24, 2.45) is 11.8 Å². The second-order valence-corrected chi connectivity index (χ2v) is 8.37. The second kappa shape index (κ2) is 7.47. The predicted octanol–water partition coefficient (Wildman–Crippen LogP) is 3.87. The van der Waals surface area contributed by atoms with Crippen LogP contribution in [0.2, 0.25) is 0 Å². The molecular formula is C23H25FN4O. The van der Waals surface area contributed by atoms with Gasteiger partial charge in [0.1, 0.15) is 17.7 Å². The predicted molar refractivity (Wildman–Crippen MR) is 109 cm³/mol. The monoisotopic (exact) mass is 392 g/mol. The van der Waals surface area contributed by atoms with Gasteiger partial charge in [-0.05, 0) is 35.7 Å². The van der Waals surface area contributed by atoms with Gasteiger partial charge in [0.25, 0.3) is 0 Å². The van der Waals surface area contributed by atoms with Gasteiger partial charge in [-0.15, -0.1) is 0 Å². The number of nitriles is 1. The SMILES string of the molecule is CC(=O)N1C[C@H]2CN(c3nc(C(C)C)ccc3C#N)C[C@H]2[C@H]1c1cccc(F)c1. The fourth-order valence-corrected chi connectivity index (χ4v) is 4.77. The Hall–Kier alpha value is -2.94. The number of nitrogens with zero attached hydrogens (tertiary/aromatic N) is 4. The molecule has 1 aromatic carbocycles. The molecule has 5 nitrogen and oxygen atoms in total. The lowest BCUT2D eigenvalue weighted by Crippen LogP contribution is -2.34. The van der Waals surface area contributed by atoms with Crippen molar-refractivity contribution in [1.29, 1.82) is 5.26 Å². The van der Waals surface area contributed by atoms with Gasteiger partial charge in [0.2, 0.25) is 5.91 Å². The van der Waals surface area contributed by atoms with Crippen molar-refractivity contribution in [2.45, 2.75) is 32.7 Å². The Labute approximate surface area is 170 Å². The van der Waals surface area contributed by atoms with Crippen LogP contribution >= 0.6 is 0 Å². The summed E-state index contributed by atoms with van der Waals surface area (Å²) < 4.78 is 13.9. The van der Waals surface area contributed by atoms with Gasteiger partial charge in [0, 0.05) is 44.1 Å². The molecule has 3 atom stereocenters. The van der Waals surface area contributed by atoms with Crippen molar-refractivity contribution in [3.05, 3.63) is 59.0 Å². The number of hydrogen-bond acceptors (Lipinski definition) is 4. The van der Waals surface area contributed by atoms with Crippen LogP contribution in [-0.4, -0.2) is 35.4 Å². The maximum Gasteiger partial charge on any atom is 0.219 e. The summed E-state index contributed by atoms with van der Waals surface area (Å²) in [5.74, 6) is 1.16. The Kier molecular flexibility index (Phi) is 4.99. The van der Waals surface area contributed by atoms with Crippen LogP contribution in [0.3, 0.4) is 0 Å². The van der Waals surface area contributed by atoms with Crippen molar-refractivity contribution in [1.82, 2.24) is 9.88 Å². The van der Waals surface area contributed by atoms with Crippen LogP contribution in [0.25, 0.3) is 0 Å². The van der Waals surface area contributed by atoms with E-state index in [4.69, 9.17) is 4.98 Å². The maximum absolute atomic E-state index is 13.9. The molecule has 2 fully saturated rings. The van der Waals surface area contributed by atoms with Gasteiger partial charge >= 0.3 is 0 Å². The molecule has 0 bridgehead atoms. The summed E-state index contributed by atoms with van der Waals surface area (Å²) in [7, 11) is 0. The molecule has 1 aromatic heterocycles. The Bertz CT molecular complexity index is 983. The van der Waals surface area contributed by atoms with Crippen LogP contribution in [0.1, 0.15) is 49.6 Å². The highest BCUT2D eigenvalue weighted by Gasteiger charge is 2.49. The van der Waals surface area contributed by atoms with E-state index in [1.165, 1.54) is 12.1 Å². The molecule has 0 saturated carbocycles. The van der Waals surface area contributed by atoms with Crippen LogP contribution in [0, 0.1) is 29.0 Å². The molecule has 4 rings (SSSR count). The lowest BCUT2D eigenvalue weighted by atomic mass is 9.89. The standard InChI is InChI=1S/C23H25FN4O/c1-14(2)21-8-7-17(10-25)23(26-21)27-11-18-12-28(15(3)29)22(20(18)13-27)16-5-4-6-19(24)9-16/h4-9,14,18,20,22H,11-13H2,1-3H3/t18-,20-,22-/m1/s1. The van der Waals surface area contributed by atoms with E-state index in [9.17, 15) is 14.4 Å². The molecular weight excluding hydrogens is 367 g/mol. The summed E-state index contributed by atoms with van der Waals surface area (Å²) in [6.45, 7) is 7.82. The van der Waals surface area contributed by atoms with E-state index in [-0.39, 0.29) is 35.5 Å². The van der Waals surface area contributed by atoms with Crippen molar-refractivity contribution < 1.29 is 9.18 Å². The highest BCUT2D eigenvalue weighted by atomic mass is 19.1. The number of hydrogen-bond donors (Lipinski definition) is 0. The molecule has 2 aromatic rings. The third-order valence-electron chi connectivity index (χ3n) is 6.17. The van der Waals surface area contributed by atoms with Crippen LogP contribution in [-0.2, 0) is 4.79 Å². The van der Waals surface area contributed by atoms with Gasteiger partial charge < -0.3 is 9.80 Å². The van der Waals surface area contributed by atoms with Crippen molar-refractivity contribution >= 4 is 11.7 Å². The molecule has 6 heteroatoms. The number of amides is 1. The minimum atomic E-state index is -0.289. The van der Waals surface area contributed by atoms with E-state index >= 15 is 0 Å². The van der Waals surface area contributed by atoms with E-state index in [1.807, 2.05) is 23.1 Å². The van der Waals surface area contributed by atoms with Gasteiger partial charge in [-0.3, -0.25) is 4.79 Å². The molecule has 1 amide bonds. The molecule has 2 aliphatic rings. The number of anilines is 1. The largest absolute Gasteiger partial charge is 0.355 e. The zero-order chi connectivity index (χ0) is 20.7. The quantitative estimate of drug-likeness (QED) is 0.796. The first kappa shape index (κ1) is 19.4. The molecule has 0 radical (unpaired) electrons. The fraction of sp³-hybridized carbons (Fsp3) is 0.435. The van der Waals surface area contributed by atoms with Crippen molar-refractivity contribution in [3.63, 3.8) is 0 Å². The maximum atomic E-state index is 13.9. The highest BCUT2D eigenvalue weighted by molar-refractivity contribution is 5.74. The first-order valence-electron chi connectivity index (χ1n) is 10.1. The van der Waals surface area contributed by atoms with E-state index in [1.54, 1.807) is 13.0 Å². The average molecular weight is 392 g/mol. The Morgan fingerprint density at radius 1 is 1.24 bits per heavy atom. The number of carbonyl (C=O) groups is 1. The van der Waals surface area contributed by atoms with E-state index in [0.29, 0.717) is 18.7 Å². The minimum Gasteiger partial charge on any atom is -0.355 e. The normalized spacial score (nSPS) is 23.4. The number of aromatic nitrogens is 1. The zero-order valence-electron chi connectivity index (χ0n) is 17.0. The molecule has 3 heterocycles. The van der Waals surface area contributed by atoms with E-state index in [2.05, 4.69) is 24.8 Å². The molecule has 0 aliphatic carbocycles. The minimum absolute atomic E-state index is 0.0119. The van der Waals surface area contributed by atoms with E-state index < -0.39 is 0 Å². The molecule has 29 heavy (non-hydrogen) atoms. The fourth-order valence-electron chi connectivity index (χ4n) is 4.77. The second-order valence-electron chi connectivity index (χ2n) is 8.37. The number of halogens is 1. The Balaban J connectivity index is 1.68. The summed E-state index contributed by atoms with van der Waals surface area (Å²) in [4.78, 5) is 21.1. The molecule has 0 unspecified atom stereocenters. The molecule has 0 N–H and O–H groups in total. The molecule has 2 saturated heterocycles. The van der Waals surface area contributed by atoms with Crippen LogP contribution in [0.4, 0.5) is 10.2 Å². The van der Waals surface area contributed by atoms with Gasteiger partial charge in [-0.2, -0.15) is 5.26 Å². The number of fused-ring (bicyclic) bond motifs is 1. The lowest BCUT2D eigenvalue weighted by Gasteiger charge is -2.30. The summed E-state index contributed by atoms with van der Waals surface area (Å²) in [5.41, 5.74) is 2.36. The molecule has 2 aliphatic heterocycles. The first-order valence-corrected chi connectivity index (χ1v) is 10.1. The van der Waals surface area contributed by atoms with Gasteiger partial charge in [0.15, 0.2) is 0 Å². The number of rotatable bonds is 3. The van der Waals surface area contributed by atoms with Crippen LogP contribution in [0.15, 0.2) is 36.4 Å².